The third-order valence-corrected chi connectivity index (χ3v) is 5.29. The maximum atomic E-state index is 12.0. The zero-order valence-corrected chi connectivity index (χ0v) is 21.3. The Morgan fingerprint density at radius 2 is 1.83 bits per heavy atom. The summed E-state index contributed by atoms with van der Waals surface area (Å²) in [6.45, 7) is 17.1. The molecule has 0 aromatic rings. The second kappa shape index (κ2) is 12.8. The van der Waals surface area contributed by atoms with Gasteiger partial charge in [0.05, 0.1) is 6.04 Å². The van der Waals surface area contributed by atoms with Crippen LogP contribution in [-0.2, 0) is 4.74 Å². The number of rotatable bonds is 6. The molecule has 8 heteroatoms. The van der Waals surface area contributed by atoms with Gasteiger partial charge in [-0.2, -0.15) is 0 Å². The van der Waals surface area contributed by atoms with Gasteiger partial charge in [-0.25, -0.2) is 4.79 Å². The van der Waals surface area contributed by atoms with Crippen molar-refractivity contribution in [2.75, 3.05) is 45.8 Å². The highest BCUT2D eigenvalue weighted by molar-refractivity contribution is 14.0. The van der Waals surface area contributed by atoms with E-state index in [2.05, 4.69) is 34.3 Å². The molecule has 2 N–H and O–H groups in total. The lowest BCUT2D eigenvalue weighted by molar-refractivity contribution is 0.0507. The van der Waals surface area contributed by atoms with Crippen LogP contribution in [0.3, 0.4) is 0 Å². The Kier molecular flexibility index (Phi) is 11.6. The second-order valence-electron chi connectivity index (χ2n) is 9.06. The average Bonchev–Trinajstić information content (AvgIpc) is 3.06. The second-order valence-corrected chi connectivity index (χ2v) is 9.06. The molecule has 2 aliphatic heterocycles. The third kappa shape index (κ3) is 9.72. The molecule has 29 heavy (non-hydrogen) atoms. The molecule has 0 saturated carbocycles. The summed E-state index contributed by atoms with van der Waals surface area (Å²) in [5, 5.41) is 6.42. The predicted molar refractivity (Wildman–Crippen MR) is 130 cm³/mol. The average molecular weight is 524 g/mol. The molecule has 2 fully saturated rings. The Morgan fingerprint density at radius 3 is 2.41 bits per heavy atom. The van der Waals surface area contributed by atoms with Gasteiger partial charge in [-0.05, 0) is 78.9 Å². The molecule has 2 rings (SSSR count). The first-order chi connectivity index (χ1) is 13.3. The zero-order valence-electron chi connectivity index (χ0n) is 19.0. The number of alkyl carbamates (subject to hydrolysis) is 1. The number of hydrogen-bond donors (Lipinski definition) is 2. The monoisotopic (exact) mass is 523 g/mol. The highest BCUT2D eigenvalue weighted by Crippen LogP contribution is 2.18. The Hall–Kier alpha value is -0.770. The van der Waals surface area contributed by atoms with E-state index in [1.165, 1.54) is 38.9 Å². The van der Waals surface area contributed by atoms with E-state index in [9.17, 15) is 4.79 Å². The van der Waals surface area contributed by atoms with Gasteiger partial charge in [0.15, 0.2) is 5.96 Å². The molecule has 2 heterocycles. The van der Waals surface area contributed by atoms with Crippen molar-refractivity contribution in [2.45, 2.75) is 71.9 Å². The lowest BCUT2D eigenvalue weighted by atomic mass is 9.97. The van der Waals surface area contributed by atoms with E-state index in [0.717, 1.165) is 38.6 Å². The molecule has 0 radical (unpaired) electrons. The minimum absolute atomic E-state index is 0. The van der Waals surface area contributed by atoms with Crippen LogP contribution in [0.15, 0.2) is 4.99 Å². The van der Waals surface area contributed by atoms with Gasteiger partial charge in [0.25, 0.3) is 0 Å². The summed E-state index contributed by atoms with van der Waals surface area (Å²) < 4.78 is 5.38. The topological polar surface area (TPSA) is 69.2 Å². The van der Waals surface area contributed by atoms with Crippen LogP contribution in [0.5, 0.6) is 0 Å². The molecule has 1 unspecified atom stereocenters. The lowest BCUT2D eigenvalue weighted by Crippen LogP contribution is -2.44. The number of guanidine groups is 1. The van der Waals surface area contributed by atoms with Crippen LogP contribution in [0.25, 0.3) is 0 Å². The number of likely N-dealkylation sites (tertiary alicyclic amines) is 2. The fourth-order valence-corrected chi connectivity index (χ4v) is 3.89. The van der Waals surface area contributed by atoms with Gasteiger partial charge < -0.3 is 25.2 Å². The minimum atomic E-state index is -0.467. The molecule has 0 aromatic heterocycles. The molecule has 7 nitrogen and oxygen atoms in total. The molecule has 0 aliphatic carbocycles. The van der Waals surface area contributed by atoms with E-state index >= 15 is 0 Å². The van der Waals surface area contributed by atoms with Crippen molar-refractivity contribution in [3.63, 3.8) is 0 Å². The Balaban J connectivity index is 0.00000420. The molecule has 0 spiro atoms. The Morgan fingerprint density at radius 1 is 1.14 bits per heavy atom. The van der Waals surface area contributed by atoms with Crippen molar-refractivity contribution in [1.29, 1.82) is 0 Å². The first-order valence-corrected chi connectivity index (χ1v) is 11.1. The first kappa shape index (κ1) is 26.3. The summed E-state index contributed by atoms with van der Waals surface area (Å²) in [6, 6.07) is 0.107. The maximum absolute atomic E-state index is 12.0. The van der Waals surface area contributed by atoms with Gasteiger partial charge in [-0.1, -0.05) is 6.92 Å². The third-order valence-electron chi connectivity index (χ3n) is 5.29. The van der Waals surface area contributed by atoms with Gasteiger partial charge in [-0.3, -0.25) is 4.99 Å². The standard InChI is InChI=1S/C21H41N5O2.HI/c1-6-11-25-12-8-17(9-13-25)15-23-19(22-7-2)26-14-10-18(16-26)24-20(27)28-21(3,4)5;/h17-18H,6-16H2,1-5H3,(H,22,23)(H,24,27);1H. The number of piperidine rings is 1. The predicted octanol–water partition coefficient (Wildman–Crippen LogP) is 3.29. The number of halogens is 1. The molecule has 170 valence electrons. The zero-order chi connectivity index (χ0) is 20.6. The Labute approximate surface area is 194 Å². The summed E-state index contributed by atoms with van der Waals surface area (Å²) in [6.07, 6.45) is 4.30. The van der Waals surface area contributed by atoms with Crippen molar-refractivity contribution in [3.8, 4) is 0 Å². The fraction of sp³-hybridized carbons (Fsp3) is 0.905. The SMILES string of the molecule is CCCN1CCC(CN=C(NCC)N2CCC(NC(=O)OC(C)(C)C)C2)CC1.I. The highest BCUT2D eigenvalue weighted by Gasteiger charge is 2.28. The van der Waals surface area contributed by atoms with E-state index in [-0.39, 0.29) is 36.1 Å². The van der Waals surface area contributed by atoms with Crippen LogP contribution in [0, 0.1) is 5.92 Å². The number of ether oxygens (including phenoxy) is 1. The van der Waals surface area contributed by atoms with Crippen molar-refractivity contribution in [1.82, 2.24) is 20.4 Å². The smallest absolute Gasteiger partial charge is 0.407 e. The molecule has 2 saturated heterocycles. The van der Waals surface area contributed by atoms with Crippen LogP contribution in [-0.4, -0.2) is 79.3 Å². The molecule has 1 atom stereocenters. The van der Waals surface area contributed by atoms with Gasteiger partial charge in [-0.15, -0.1) is 24.0 Å². The van der Waals surface area contributed by atoms with Crippen molar-refractivity contribution >= 4 is 36.0 Å². The van der Waals surface area contributed by atoms with Crippen molar-refractivity contribution < 1.29 is 9.53 Å². The lowest BCUT2D eigenvalue weighted by Gasteiger charge is -2.31. The van der Waals surface area contributed by atoms with Gasteiger partial charge in [0, 0.05) is 26.2 Å². The number of carbonyl (C=O) groups is 1. The minimum Gasteiger partial charge on any atom is -0.444 e. The van der Waals surface area contributed by atoms with E-state index in [1.807, 2.05) is 20.8 Å². The molecule has 0 aromatic carbocycles. The summed E-state index contributed by atoms with van der Waals surface area (Å²) in [5.74, 6) is 1.66. The largest absolute Gasteiger partial charge is 0.444 e. The highest BCUT2D eigenvalue weighted by atomic mass is 127. The quantitative estimate of drug-likeness (QED) is 0.318. The van der Waals surface area contributed by atoms with Gasteiger partial charge in [0.2, 0.25) is 0 Å². The summed E-state index contributed by atoms with van der Waals surface area (Å²) in [5.41, 5.74) is -0.467. The molecule has 2 aliphatic rings. The summed E-state index contributed by atoms with van der Waals surface area (Å²) in [7, 11) is 0. The first-order valence-electron chi connectivity index (χ1n) is 11.1. The number of nitrogens with one attached hydrogen (secondary N) is 2. The summed E-state index contributed by atoms with van der Waals surface area (Å²) >= 11 is 0. The molecular formula is C21H42IN5O2. The van der Waals surface area contributed by atoms with Crippen molar-refractivity contribution in [3.05, 3.63) is 0 Å². The molecule has 1 amide bonds. The fourth-order valence-electron chi connectivity index (χ4n) is 3.89. The van der Waals surface area contributed by atoms with Crippen LogP contribution < -0.4 is 10.6 Å². The van der Waals surface area contributed by atoms with E-state index in [1.54, 1.807) is 0 Å². The van der Waals surface area contributed by atoms with Gasteiger partial charge in [0.1, 0.15) is 5.60 Å². The van der Waals surface area contributed by atoms with Crippen LogP contribution in [0.2, 0.25) is 0 Å². The maximum Gasteiger partial charge on any atom is 0.407 e. The van der Waals surface area contributed by atoms with Gasteiger partial charge >= 0.3 is 6.09 Å². The van der Waals surface area contributed by atoms with Crippen LogP contribution in [0.1, 0.15) is 60.3 Å². The van der Waals surface area contributed by atoms with E-state index in [4.69, 9.17) is 9.73 Å². The van der Waals surface area contributed by atoms with Crippen molar-refractivity contribution in [2.24, 2.45) is 10.9 Å². The normalized spacial score (nSPS) is 21.6. The number of carbonyl (C=O) groups excluding carboxylic acids is 1. The summed E-state index contributed by atoms with van der Waals surface area (Å²) in [4.78, 5) is 21.8. The molecule has 0 bridgehead atoms. The molecular weight excluding hydrogens is 481 g/mol. The number of aliphatic imine (C=N–C) groups is 1. The number of amides is 1. The van der Waals surface area contributed by atoms with Crippen LogP contribution in [0.4, 0.5) is 4.79 Å². The number of nitrogens with zero attached hydrogens (tertiary/aromatic N) is 3. The van der Waals surface area contributed by atoms with E-state index < -0.39 is 5.60 Å². The van der Waals surface area contributed by atoms with Crippen LogP contribution >= 0.6 is 24.0 Å². The number of hydrogen-bond acceptors (Lipinski definition) is 4. The van der Waals surface area contributed by atoms with E-state index in [0.29, 0.717) is 5.92 Å². The Bertz CT molecular complexity index is 516.